The third-order valence-electron chi connectivity index (χ3n) is 2.59. The molecule has 1 aromatic carbocycles. The van der Waals surface area contributed by atoms with Crippen molar-refractivity contribution in [2.75, 3.05) is 23.0 Å². The minimum Gasteiger partial charge on any atom is -0.324 e. The average molecular weight is 261 g/mol. The number of anilines is 2. The molecular weight excluding hydrogens is 250 g/mol. The van der Waals surface area contributed by atoms with E-state index in [1.165, 1.54) is 16.7 Å². The lowest BCUT2D eigenvalue weighted by atomic mass is 10.2. The summed E-state index contributed by atoms with van der Waals surface area (Å²) in [6.45, 7) is 0. The molecule has 0 radical (unpaired) electrons. The normalized spacial score (nSPS) is 13.2. The van der Waals surface area contributed by atoms with Gasteiger partial charge in [-0.15, -0.1) is 11.8 Å². The third kappa shape index (κ3) is 2.46. The number of nitrogens with one attached hydrogen (secondary N) is 1. The molecule has 1 heterocycles. The SMILES string of the molecule is CN(C(=O)CC#N)c1ccc2c(c1)NC(=O)CS2. The lowest BCUT2D eigenvalue weighted by Gasteiger charge is -2.21. The molecule has 1 aliphatic heterocycles. The molecule has 0 aliphatic carbocycles. The molecule has 0 atom stereocenters. The molecule has 92 valence electrons. The first kappa shape index (κ1) is 12.5. The van der Waals surface area contributed by atoms with Crippen LogP contribution >= 0.6 is 11.8 Å². The second-order valence-corrected chi connectivity index (χ2v) is 4.82. The highest BCUT2D eigenvalue weighted by atomic mass is 32.2. The molecule has 6 heteroatoms. The maximum absolute atomic E-state index is 11.6. The van der Waals surface area contributed by atoms with Gasteiger partial charge >= 0.3 is 0 Å². The van der Waals surface area contributed by atoms with Crippen LogP contribution in [0.3, 0.4) is 0 Å². The maximum atomic E-state index is 11.6. The number of carbonyl (C=O) groups excluding carboxylic acids is 2. The molecule has 1 aliphatic rings. The van der Waals surface area contributed by atoms with E-state index in [1.54, 1.807) is 19.2 Å². The highest BCUT2D eigenvalue weighted by molar-refractivity contribution is 8.00. The van der Waals surface area contributed by atoms with Gasteiger partial charge < -0.3 is 10.2 Å². The van der Waals surface area contributed by atoms with E-state index in [4.69, 9.17) is 5.26 Å². The number of fused-ring (bicyclic) bond motifs is 1. The predicted molar refractivity (Wildman–Crippen MR) is 69.4 cm³/mol. The Labute approximate surface area is 109 Å². The molecule has 1 aromatic rings. The van der Waals surface area contributed by atoms with Crippen LogP contribution in [0.25, 0.3) is 0 Å². The molecule has 0 saturated heterocycles. The van der Waals surface area contributed by atoms with Gasteiger partial charge in [0.05, 0.1) is 17.5 Å². The highest BCUT2D eigenvalue weighted by Crippen LogP contribution is 2.34. The van der Waals surface area contributed by atoms with Crippen LogP contribution in [0.5, 0.6) is 0 Å². The molecule has 2 amide bonds. The summed E-state index contributed by atoms with van der Waals surface area (Å²) in [4.78, 5) is 25.3. The quantitative estimate of drug-likeness (QED) is 0.877. The minimum absolute atomic E-state index is 0.0457. The van der Waals surface area contributed by atoms with Crippen LogP contribution < -0.4 is 10.2 Å². The Kier molecular flexibility index (Phi) is 3.53. The van der Waals surface area contributed by atoms with Crippen LogP contribution in [0.15, 0.2) is 23.1 Å². The van der Waals surface area contributed by atoms with Crippen LogP contribution in [0.4, 0.5) is 11.4 Å². The van der Waals surface area contributed by atoms with Gasteiger partial charge in [-0.2, -0.15) is 5.26 Å². The van der Waals surface area contributed by atoms with E-state index < -0.39 is 0 Å². The molecule has 0 spiro atoms. The fourth-order valence-corrected chi connectivity index (χ4v) is 2.40. The summed E-state index contributed by atoms with van der Waals surface area (Å²) in [5, 5.41) is 11.3. The molecule has 0 unspecified atom stereocenters. The van der Waals surface area contributed by atoms with Gasteiger partial charge in [-0.1, -0.05) is 0 Å². The van der Waals surface area contributed by atoms with Crippen molar-refractivity contribution in [2.24, 2.45) is 0 Å². The van der Waals surface area contributed by atoms with Crippen LogP contribution in [-0.4, -0.2) is 24.6 Å². The second kappa shape index (κ2) is 5.10. The number of nitrogens with zero attached hydrogens (tertiary/aromatic N) is 2. The van der Waals surface area contributed by atoms with E-state index in [0.29, 0.717) is 17.1 Å². The Balaban J connectivity index is 2.26. The van der Waals surface area contributed by atoms with E-state index in [9.17, 15) is 9.59 Å². The number of carbonyl (C=O) groups is 2. The van der Waals surface area contributed by atoms with Gasteiger partial charge in [0.25, 0.3) is 0 Å². The smallest absolute Gasteiger partial charge is 0.240 e. The predicted octanol–water partition coefficient (Wildman–Crippen LogP) is 1.61. The van der Waals surface area contributed by atoms with Gasteiger partial charge in [0, 0.05) is 17.6 Å². The van der Waals surface area contributed by atoms with Crippen molar-refractivity contribution in [3.05, 3.63) is 18.2 Å². The van der Waals surface area contributed by atoms with Crippen LogP contribution in [0.1, 0.15) is 6.42 Å². The van der Waals surface area contributed by atoms with E-state index in [-0.39, 0.29) is 18.2 Å². The summed E-state index contributed by atoms with van der Waals surface area (Å²) in [6, 6.07) is 7.24. The number of benzene rings is 1. The topological polar surface area (TPSA) is 73.2 Å². The molecule has 2 rings (SSSR count). The number of thioether (sulfide) groups is 1. The number of hydrogen-bond acceptors (Lipinski definition) is 4. The first-order chi connectivity index (χ1) is 8.61. The summed E-state index contributed by atoms with van der Waals surface area (Å²) in [5.74, 6) is 0.0955. The lowest BCUT2D eigenvalue weighted by molar-refractivity contribution is -0.117. The Bertz CT molecular complexity index is 551. The Morgan fingerprint density at radius 3 is 3.11 bits per heavy atom. The molecule has 0 saturated carbocycles. The van der Waals surface area contributed by atoms with Crippen LogP contribution in [-0.2, 0) is 9.59 Å². The molecule has 5 nitrogen and oxygen atoms in total. The van der Waals surface area contributed by atoms with Gasteiger partial charge in [-0.25, -0.2) is 0 Å². The Hall–Kier alpha value is -2.00. The van der Waals surface area contributed by atoms with Gasteiger partial charge in [0.2, 0.25) is 11.8 Å². The Morgan fingerprint density at radius 2 is 2.39 bits per heavy atom. The number of amides is 2. The zero-order chi connectivity index (χ0) is 13.1. The van der Waals surface area contributed by atoms with Crippen molar-refractivity contribution in [3.8, 4) is 6.07 Å². The van der Waals surface area contributed by atoms with E-state index in [0.717, 1.165) is 4.90 Å². The van der Waals surface area contributed by atoms with Gasteiger partial charge in [-0.05, 0) is 18.2 Å². The van der Waals surface area contributed by atoms with Crippen LogP contribution in [0, 0.1) is 11.3 Å². The fraction of sp³-hybridized carbons (Fsp3) is 0.250. The molecule has 1 N–H and O–H groups in total. The third-order valence-corrected chi connectivity index (χ3v) is 3.66. The van der Waals surface area contributed by atoms with Crippen molar-refractivity contribution in [3.63, 3.8) is 0 Å². The molecular formula is C12H11N3O2S. The van der Waals surface area contributed by atoms with E-state index >= 15 is 0 Å². The van der Waals surface area contributed by atoms with Crippen molar-refractivity contribution in [1.29, 1.82) is 5.26 Å². The largest absolute Gasteiger partial charge is 0.324 e. The summed E-state index contributed by atoms with van der Waals surface area (Å²) in [7, 11) is 1.61. The zero-order valence-corrected chi connectivity index (χ0v) is 10.6. The molecule has 0 aromatic heterocycles. The summed E-state index contributed by atoms with van der Waals surface area (Å²) < 4.78 is 0. The van der Waals surface area contributed by atoms with E-state index in [2.05, 4.69) is 5.32 Å². The standard InChI is InChI=1S/C12H11N3O2S/c1-15(12(17)4-5-13)8-2-3-10-9(6-8)14-11(16)7-18-10/h2-3,6H,4,7H2,1H3,(H,14,16). The number of hydrogen-bond donors (Lipinski definition) is 1. The van der Waals surface area contributed by atoms with Crippen molar-refractivity contribution >= 4 is 35.0 Å². The van der Waals surface area contributed by atoms with Crippen molar-refractivity contribution < 1.29 is 9.59 Å². The lowest BCUT2D eigenvalue weighted by Crippen LogP contribution is -2.26. The first-order valence-corrected chi connectivity index (χ1v) is 6.30. The van der Waals surface area contributed by atoms with Gasteiger partial charge in [0.15, 0.2) is 0 Å². The molecule has 0 bridgehead atoms. The van der Waals surface area contributed by atoms with Gasteiger partial charge in [0.1, 0.15) is 6.42 Å². The average Bonchev–Trinajstić information content (AvgIpc) is 2.37. The molecule has 0 fully saturated rings. The minimum atomic E-state index is -0.271. The van der Waals surface area contributed by atoms with Crippen molar-refractivity contribution in [2.45, 2.75) is 11.3 Å². The summed E-state index contributed by atoms with van der Waals surface area (Å²) >= 11 is 1.47. The van der Waals surface area contributed by atoms with Crippen molar-refractivity contribution in [1.82, 2.24) is 0 Å². The number of nitriles is 1. The van der Waals surface area contributed by atoms with E-state index in [1.807, 2.05) is 12.1 Å². The fourth-order valence-electron chi connectivity index (χ4n) is 1.61. The highest BCUT2D eigenvalue weighted by Gasteiger charge is 2.17. The van der Waals surface area contributed by atoms with Crippen LogP contribution in [0.2, 0.25) is 0 Å². The zero-order valence-electron chi connectivity index (χ0n) is 9.77. The maximum Gasteiger partial charge on any atom is 0.240 e. The van der Waals surface area contributed by atoms with Gasteiger partial charge in [-0.3, -0.25) is 9.59 Å². The molecule has 18 heavy (non-hydrogen) atoms. The summed E-state index contributed by atoms with van der Waals surface area (Å²) in [6.07, 6.45) is -0.158. The Morgan fingerprint density at radius 1 is 1.61 bits per heavy atom. The first-order valence-electron chi connectivity index (χ1n) is 5.32. The number of rotatable bonds is 2. The summed E-state index contributed by atoms with van der Waals surface area (Å²) in [5.41, 5.74) is 1.38. The second-order valence-electron chi connectivity index (χ2n) is 3.80. The monoisotopic (exact) mass is 261 g/mol.